The van der Waals surface area contributed by atoms with Gasteiger partial charge in [0.15, 0.2) is 5.75 Å². The summed E-state index contributed by atoms with van der Waals surface area (Å²) in [4.78, 5) is 37.0. The number of fused-ring (bicyclic) bond motifs is 1. The molecule has 0 aromatic heterocycles. The van der Waals surface area contributed by atoms with E-state index in [2.05, 4.69) is 20.0 Å². The molecule has 16 heteroatoms. The van der Waals surface area contributed by atoms with Gasteiger partial charge in [-0.25, -0.2) is 9.59 Å². The lowest BCUT2D eigenvalue weighted by Gasteiger charge is -2.29. The van der Waals surface area contributed by atoms with Crippen LogP contribution >= 0.6 is 23.2 Å². The molecule has 43 heavy (non-hydrogen) atoms. The minimum absolute atomic E-state index is 0.0371. The molecule has 11 nitrogen and oxygen atoms in total. The van der Waals surface area contributed by atoms with Gasteiger partial charge in [0.05, 0.1) is 15.7 Å². The predicted molar refractivity (Wildman–Crippen MR) is 147 cm³/mol. The van der Waals surface area contributed by atoms with Crippen LogP contribution in [0.4, 0.5) is 23.7 Å². The molecule has 1 aliphatic rings. The number of hydrogen-bond acceptors (Lipinski definition) is 9. The van der Waals surface area contributed by atoms with E-state index >= 15 is 0 Å². The number of rotatable bonds is 8. The first-order valence-corrected chi connectivity index (χ1v) is 12.8. The number of alkyl halides is 3. The molecule has 0 saturated carbocycles. The molecule has 0 fully saturated rings. The van der Waals surface area contributed by atoms with Gasteiger partial charge in [-0.15, -0.1) is 13.2 Å². The second-order valence-corrected chi connectivity index (χ2v) is 9.57. The van der Waals surface area contributed by atoms with E-state index in [0.29, 0.717) is 35.4 Å². The second kappa shape index (κ2) is 12.9. The minimum Gasteiger partial charge on any atom is -0.454 e. The summed E-state index contributed by atoms with van der Waals surface area (Å²) in [6.07, 6.45) is -5.72. The molecule has 0 radical (unpaired) electrons. The Labute approximate surface area is 251 Å². The van der Waals surface area contributed by atoms with Crippen LogP contribution in [0.25, 0.3) is 0 Å². The summed E-state index contributed by atoms with van der Waals surface area (Å²) >= 11 is 12.7. The number of benzene rings is 3. The third-order valence-electron chi connectivity index (χ3n) is 5.78. The average Bonchev–Trinajstić information content (AvgIpc) is 2.92. The molecule has 0 saturated heterocycles. The number of amides is 2. The van der Waals surface area contributed by atoms with Crippen molar-refractivity contribution in [1.82, 2.24) is 4.90 Å². The van der Waals surface area contributed by atoms with Crippen molar-refractivity contribution < 1.29 is 41.8 Å². The number of hydrogen-bond donors (Lipinski definition) is 2. The van der Waals surface area contributed by atoms with Gasteiger partial charge in [0.2, 0.25) is 5.71 Å². The maximum atomic E-state index is 13.1. The Bertz CT molecular complexity index is 1640. The second-order valence-electron chi connectivity index (χ2n) is 8.75. The summed E-state index contributed by atoms with van der Waals surface area (Å²) in [5.41, 5.74) is 8.30. The summed E-state index contributed by atoms with van der Waals surface area (Å²) in [5.74, 6) is -1.55. The standard InChI is InChI=1S/C27H18Cl2F3N5O6/c28-20-10-16(35-36-22(12-33)25(39)42-26(34)40)11-21(29)23(20)41-18-5-6-19-15(9-18)7-8-37(24(19)38)13-14-1-3-17(4-2-14)43-27(30,31)32/h1-6,9-11,35H,7-8,13H2,(H2,34,40). The van der Waals surface area contributed by atoms with Gasteiger partial charge in [0, 0.05) is 18.7 Å². The molecule has 2 amide bonds. The molecule has 0 atom stereocenters. The summed E-state index contributed by atoms with van der Waals surface area (Å²) in [6.45, 7) is 0.552. The lowest BCUT2D eigenvalue weighted by Crippen LogP contribution is -2.37. The number of anilines is 1. The first kappa shape index (κ1) is 30.9. The first-order valence-electron chi connectivity index (χ1n) is 12.0. The highest BCUT2D eigenvalue weighted by Gasteiger charge is 2.31. The average molecular weight is 636 g/mol. The number of primary amides is 1. The number of esters is 1. The first-order chi connectivity index (χ1) is 20.3. The van der Waals surface area contributed by atoms with E-state index in [9.17, 15) is 27.6 Å². The third-order valence-corrected chi connectivity index (χ3v) is 6.34. The fourth-order valence-electron chi connectivity index (χ4n) is 3.96. The van der Waals surface area contributed by atoms with Crippen molar-refractivity contribution in [3.05, 3.63) is 81.3 Å². The number of ether oxygens (including phenoxy) is 3. The van der Waals surface area contributed by atoms with Gasteiger partial charge < -0.3 is 24.8 Å². The normalized spacial score (nSPS) is 13.1. The monoisotopic (exact) mass is 635 g/mol. The molecule has 0 bridgehead atoms. The number of halogens is 5. The maximum Gasteiger partial charge on any atom is 0.573 e. The fourth-order valence-corrected chi connectivity index (χ4v) is 4.52. The molecule has 4 rings (SSSR count). The van der Waals surface area contributed by atoms with Crippen LogP contribution in [0.3, 0.4) is 0 Å². The van der Waals surface area contributed by atoms with Crippen molar-refractivity contribution in [3.63, 3.8) is 0 Å². The Morgan fingerprint density at radius 3 is 2.33 bits per heavy atom. The van der Waals surface area contributed by atoms with E-state index in [1.54, 1.807) is 23.1 Å². The topological polar surface area (TPSA) is 156 Å². The minimum atomic E-state index is -4.79. The van der Waals surface area contributed by atoms with Gasteiger partial charge in [-0.3, -0.25) is 10.2 Å². The Morgan fingerprint density at radius 1 is 1.07 bits per heavy atom. The largest absolute Gasteiger partial charge is 0.573 e. The molecule has 0 spiro atoms. The Morgan fingerprint density at radius 2 is 1.72 bits per heavy atom. The zero-order chi connectivity index (χ0) is 31.3. The van der Waals surface area contributed by atoms with E-state index in [4.69, 9.17) is 38.9 Å². The number of nitriles is 1. The van der Waals surface area contributed by atoms with Crippen LogP contribution in [0.1, 0.15) is 21.5 Å². The Hall–Kier alpha value is -5.00. The molecule has 3 N–H and O–H groups in total. The fraction of sp³-hybridized carbons (Fsp3) is 0.148. The van der Waals surface area contributed by atoms with Gasteiger partial charge in [-0.1, -0.05) is 35.3 Å². The van der Waals surface area contributed by atoms with Crippen LogP contribution in [0.5, 0.6) is 17.2 Å². The highest BCUT2D eigenvalue weighted by molar-refractivity contribution is 6.44. The zero-order valence-corrected chi connectivity index (χ0v) is 23.1. The Kier molecular flexibility index (Phi) is 9.27. The van der Waals surface area contributed by atoms with Gasteiger partial charge in [-0.05, 0) is 60.0 Å². The summed E-state index contributed by atoms with van der Waals surface area (Å²) in [5, 5.41) is 12.6. The van der Waals surface area contributed by atoms with Crippen LogP contribution < -0.4 is 20.6 Å². The van der Waals surface area contributed by atoms with Gasteiger partial charge in [-0.2, -0.15) is 10.4 Å². The van der Waals surface area contributed by atoms with E-state index in [1.165, 1.54) is 42.5 Å². The summed E-state index contributed by atoms with van der Waals surface area (Å²) in [7, 11) is 0. The predicted octanol–water partition coefficient (Wildman–Crippen LogP) is 5.80. The molecule has 0 aliphatic carbocycles. The SMILES string of the molecule is N#CC(=NNc1cc(Cl)c(Oc2ccc3c(c2)CCN(Cc2ccc(OC(F)(F)F)cc2)C3=O)c(Cl)c1)C(=O)OC(N)=O. The molecular weight excluding hydrogens is 618 g/mol. The van der Waals surface area contributed by atoms with Crippen LogP contribution in [0, 0.1) is 11.3 Å². The maximum absolute atomic E-state index is 13.1. The number of carbonyl (C=O) groups excluding carboxylic acids is 3. The highest BCUT2D eigenvalue weighted by Crippen LogP contribution is 2.39. The number of carbonyl (C=O) groups is 3. The van der Waals surface area contributed by atoms with E-state index in [-0.39, 0.29) is 39.7 Å². The van der Waals surface area contributed by atoms with Crippen molar-refractivity contribution >= 4 is 52.6 Å². The Balaban J connectivity index is 1.43. The molecule has 1 heterocycles. The number of nitrogens with two attached hydrogens (primary N) is 1. The highest BCUT2D eigenvalue weighted by atomic mass is 35.5. The lowest BCUT2D eigenvalue weighted by molar-refractivity contribution is -0.274. The van der Waals surface area contributed by atoms with Crippen LogP contribution in [-0.2, 0) is 22.5 Å². The van der Waals surface area contributed by atoms with Crippen LogP contribution in [0.15, 0.2) is 59.7 Å². The van der Waals surface area contributed by atoms with E-state index in [0.717, 1.165) is 0 Å². The van der Waals surface area contributed by atoms with Gasteiger partial charge >= 0.3 is 18.4 Å². The molecule has 0 unspecified atom stereocenters. The molecular formula is C27H18Cl2F3N5O6. The quantitative estimate of drug-likeness (QED) is 0.136. The summed E-state index contributed by atoms with van der Waals surface area (Å²) in [6, 6.07) is 14.2. The number of nitrogens with one attached hydrogen (secondary N) is 1. The van der Waals surface area contributed by atoms with Crippen LogP contribution in [-0.4, -0.2) is 41.5 Å². The van der Waals surface area contributed by atoms with Crippen LogP contribution in [0.2, 0.25) is 10.0 Å². The van der Waals surface area contributed by atoms with Crippen molar-refractivity contribution in [1.29, 1.82) is 5.26 Å². The zero-order valence-electron chi connectivity index (χ0n) is 21.6. The molecule has 3 aromatic carbocycles. The van der Waals surface area contributed by atoms with Crippen molar-refractivity contribution in [2.24, 2.45) is 10.8 Å². The smallest absolute Gasteiger partial charge is 0.454 e. The molecule has 3 aromatic rings. The van der Waals surface area contributed by atoms with Crippen molar-refractivity contribution in [3.8, 4) is 23.3 Å². The van der Waals surface area contributed by atoms with E-state index < -0.39 is 24.1 Å². The lowest BCUT2D eigenvalue weighted by atomic mass is 9.98. The molecule has 1 aliphatic heterocycles. The molecule has 222 valence electrons. The van der Waals surface area contributed by atoms with Crippen molar-refractivity contribution in [2.45, 2.75) is 19.3 Å². The third kappa shape index (κ3) is 8.06. The summed E-state index contributed by atoms with van der Waals surface area (Å²) < 4.78 is 51.0. The van der Waals surface area contributed by atoms with Gasteiger partial charge in [0.1, 0.15) is 17.6 Å². The number of hydrazone groups is 1. The van der Waals surface area contributed by atoms with E-state index in [1.807, 2.05) is 0 Å². The number of nitrogens with zero attached hydrogens (tertiary/aromatic N) is 3. The van der Waals surface area contributed by atoms with Crippen molar-refractivity contribution in [2.75, 3.05) is 12.0 Å². The van der Waals surface area contributed by atoms with Gasteiger partial charge in [0.25, 0.3) is 5.91 Å².